The Morgan fingerprint density at radius 3 is 1.81 bits per heavy atom. The van der Waals surface area contributed by atoms with Crippen LogP contribution in [0.1, 0.15) is 40.5 Å². The van der Waals surface area contributed by atoms with Gasteiger partial charge in [-0.2, -0.15) is 0 Å². The van der Waals surface area contributed by atoms with E-state index in [2.05, 4.69) is 112 Å². The molecule has 2 aromatic rings. The van der Waals surface area contributed by atoms with Crippen molar-refractivity contribution in [2.75, 3.05) is 18.1 Å². The van der Waals surface area contributed by atoms with Crippen LogP contribution in [0.15, 0.2) is 60.7 Å². The standard InChI is InChI=1S/C23H32OS2Si/c1-22(2,3)27(20-12-7-5-8-13-20,21-14-9-6-10-15-21)24-17-16-23(4)25-18-11-19-26-23/h5-10,12-15H,11,16-19H2,1-4H3. The highest BCUT2D eigenvalue weighted by atomic mass is 32.2. The van der Waals surface area contributed by atoms with Crippen molar-refractivity contribution in [2.45, 2.75) is 49.7 Å². The molecule has 4 heteroatoms. The largest absolute Gasteiger partial charge is 0.407 e. The minimum atomic E-state index is -2.39. The van der Waals surface area contributed by atoms with E-state index in [1.54, 1.807) is 0 Å². The third kappa shape index (κ3) is 4.67. The van der Waals surface area contributed by atoms with Crippen LogP contribution in [0.4, 0.5) is 0 Å². The van der Waals surface area contributed by atoms with Crippen LogP contribution in [0.5, 0.6) is 0 Å². The summed E-state index contributed by atoms with van der Waals surface area (Å²) in [5.74, 6) is 2.56. The molecule has 0 saturated carbocycles. The summed E-state index contributed by atoms with van der Waals surface area (Å²) in [5, 5.41) is 2.80. The molecule has 1 fully saturated rings. The minimum absolute atomic E-state index is 0.0590. The molecule has 0 radical (unpaired) electrons. The van der Waals surface area contributed by atoms with Crippen molar-refractivity contribution in [3.8, 4) is 0 Å². The highest BCUT2D eigenvalue weighted by Gasteiger charge is 2.50. The maximum atomic E-state index is 7.05. The number of hydrogen-bond acceptors (Lipinski definition) is 3. The molecule has 0 aromatic heterocycles. The molecule has 0 aliphatic carbocycles. The van der Waals surface area contributed by atoms with Gasteiger partial charge in [0.25, 0.3) is 8.32 Å². The molecule has 3 rings (SSSR count). The quantitative estimate of drug-likeness (QED) is 0.572. The number of rotatable bonds is 6. The lowest BCUT2D eigenvalue weighted by molar-refractivity contribution is 0.289. The van der Waals surface area contributed by atoms with Gasteiger partial charge < -0.3 is 4.43 Å². The summed E-state index contributed by atoms with van der Waals surface area (Å²) in [6.45, 7) is 10.3. The Morgan fingerprint density at radius 2 is 1.37 bits per heavy atom. The second kappa shape index (κ2) is 8.77. The van der Waals surface area contributed by atoms with Crippen molar-refractivity contribution in [1.82, 2.24) is 0 Å². The van der Waals surface area contributed by atoms with Gasteiger partial charge in [0.15, 0.2) is 0 Å². The Balaban J connectivity index is 1.94. The van der Waals surface area contributed by atoms with Crippen LogP contribution < -0.4 is 10.4 Å². The third-order valence-electron chi connectivity index (χ3n) is 5.40. The van der Waals surface area contributed by atoms with Gasteiger partial charge in [-0.25, -0.2) is 0 Å². The molecular weight excluding hydrogens is 384 g/mol. The molecule has 1 aliphatic rings. The topological polar surface area (TPSA) is 9.23 Å². The molecule has 0 bridgehead atoms. The van der Waals surface area contributed by atoms with E-state index in [0.717, 1.165) is 13.0 Å². The molecule has 1 aliphatic heterocycles. The molecule has 0 atom stereocenters. The van der Waals surface area contributed by atoms with Gasteiger partial charge in [-0.05, 0) is 46.7 Å². The SMILES string of the molecule is CC1(CCO[Si](c2ccccc2)(c2ccccc2)C(C)(C)C)SCCCS1. The predicted octanol–water partition coefficient (Wildman–Crippen LogP) is 5.54. The molecule has 1 saturated heterocycles. The van der Waals surface area contributed by atoms with Crippen LogP contribution in [0.2, 0.25) is 5.04 Å². The lowest BCUT2D eigenvalue weighted by atomic mass is 10.2. The second-order valence-electron chi connectivity index (χ2n) is 8.45. The van der Waals surface area contributed by atoms with E-state index < -0.39 is 8.32 Å². The van der Waals surface area contributed by atoms with E-state index in [4.69, 9.17) is 4.43 Å². The summed E-state index contributed by atoms with van der Waals surface area (Å²) < 4.78 is 7.34. The van der Waals surface area contributed by atoms with Crippen molar-refractivity contribution in [2.24, 2.45) is 0 Å². The fourth-order valence-electron chi connectivity index (χ4n) is 3.97. The van der Waals surface area contributed by atoms with Crippen molar-refractivity contribution >= 4 is 42.2 Å². The first-order valence-corrected chi connectivity index (χ1v) is 13.8. The van der Waals surface area contributed by atoms with Crippen molar-refractivity contribution in [3.05, 3.63) is 60.7 Å². The number of benzene rings is 2. The van der Waals surface area contributed by atoms with Crippen LogP contribution in [0.25, 0.3) is 0 Å². The Bertz CT molecular complexity index is 667. The molecule has 2 aromatic carbocycles. The molecule has 0 unspecified atom stereocenters. The maximum absolute atomic E-state index is 7.05. The summed E-state index contributed by atoms with van der Waals surface area (Å²) in [4.78, 5) is 0. The van der Waals surface area contributed by atoms with E-state index in [1.807, 2.05) is 0 Å². The van der Waals surface area contributed by atoms with Crippen LogP contribution in [0.3, 0.4) is 0 Å². The molecular formula is C23H32OS2Si. The van der Waals surface area contributed by atoms with Gasteiger partial charge in [0.05, 0.1) is 4.08 Å². The summed E-state index contributed by atoms with van der Waals surface area (Å²) in [6, 6.07) is 21.9. The Labute approximate surface area is 174 Å². The normalized spacial score (nSPS) is 17.6. The average Bonchev–Trinajstić information content (AvgIpc) is 2.66. The Morgan fingerprint density at radius 1 is 0.889 bits per heavy atom. The van der Waals surface area contributed by atoms with Gasteiger partial charge in [0.1, 0.15) is 0 Å². The molecule has 1 nitrogen and oxygen atoms in total. The third-order valence-corrected chi connectivity index (χ3v) is 13.8. The summed E-state index contributed by atoms with van der Waals surface area (Å²) >= 11 is 4.23. The fourth-order valence-corrected chi connectivity index (χ4v) is 11.4. The van der Waals surface area contributed by atoms with Crippen LogP contribution in [0, 0.1) is 0 Å². The highest BCUT2D eigenvalue weighted by Crippen LogP contribution is 2.45. The first-order chi connectivity index (χ1) is 12.9. The van der Waals surface area contributed by atoms with Gasteiger partial charge >= 0.3 is 0 Å². The van der Waals surface area contributed by atoms with Crippen LogP contribution >= 0.6 is 23.5 Å². The second-order valence-corrected chi connectivity index (χ2v) is 16.2. The zero-order chi connectivity index (χ0) is 19.4. The predicted molar refractivity (Wildman–Crippen MR) is 126 cm³/mol. The summed E-state index contributed by atoms with van der Waals surface area (Å²) in [6.07, 6.45) is 2.44. The Kier molecular flexibility index (Phi) is 6.83. The fraction of sp³-hybridized carbons (Fsp3) is 0.478. The smallest absolute Gasteiger partial charge is 0.261 e. The van der Waals surface area contributed by atoms with Gasteiger partial charge in [-0.15, -0.1) is 23.5 Å². The lowest BCUT2D eigenvalue weighted by Crippen LogP contribution is -2.66. The van der Waals surface area contributed by atoms with Crippen molar-refractivity contribution in [1.29, 1.82) is 0 Å². The molecule has 27 heavy (non-hydrogen) atoms. The van der Waals surface area contributed by atoms with E-state index >= 15 is 0 Å². The minimum Gasteiger partial charge on any atom is -0.407 e. The first-order valence-electron chi connectivity index (χ1n) is 9.90. The zero-order valence-corrected chi connectivity index (χ0v) is 19.7. The van der Waals surface area contributed by atoms with Gasteiger partial charge in [0, 0.05) is 6.61 Å². The summed E-state index contributed by atoms with van der Waals surface area (Å²) in [7, 11) is -2.39. The number of thioether (sulfide) groups is 2. The van der Waals surface area contributed by atoms with Crippen molar-refractivity contribution in [3.63, 3.8) is 0 Å². The zero-order valence-electron chi connectivity index (χ0n) is 17.0. The van der Waals surface area contributed by atoms with Crippen molar-refractivity contribution < 1.29 is 4.43 Å². The van der Waals surface area contributed by atoms with Gasteiger partial charge in [-0.3, -0.25) is 0 Å². The van der Waals surface area contributed by atoms with Crippen LogP contribution in [-0.4, -0.2) is 30.5 Å². The molecule has 0 N–H and O–H groups in total. The molecule has 0 amide bonds. The highest BCUT2D eigenvalue weighted by molar-refractivity contribution is 8.18. The lowest BCUT2D eigenvalue weighted by Gasteiger charge is -2.44. The number of hydrogen-bond donors (Lipinski definition) is 0. The first kappa shape index (κ1) is 21.0. The average molecular weight is 417 g/mol. The van der Waals surface area contributed by atoms with E-state index in [0.29, 0.717) is 4.08 Å². The molecule has 0 spiro atoms. The van der Waals surface area contributed by atoms with E-state index in [9.17, 15) is 0 Å². The molecule has 146 valence electrons. The maximum Gasteiger partial charge on any atom is 0.261 e. The Hall–Kier alpha value is -0.683. The van der Waals surface area contributed by atoms with Crippen LogP contribution in [-0.2, 0) is 4.43 Å². The monoisotopic (exact) mass is 416 g/mol. The van der Waals surface area contributed by atoms with E-state index in [1.165, 1.54) is 28.3 Å². The van der Waals surface area contributed by atoms with E-state index in [-0.39, 0.29) is 5.04 Å². The van der Waals surface area contributed by atoms with Gasteiger partial charge in [0.2, 0.25) is 0 Å². The van der Waals surface area contributed by atoms with Gasteiger partial charge in [-0.1, -0.05) is 81.4 Å². The summed E-state index contributed by atoms with van der Waals surface area (Å²) in [5.41, 5.74) is 0. The molecule has 1 heterocycles.